The number of nitrogens with zero attached hydrogens (tertiary/aromatic N) is 3. The van der Waals surface area contributed by atoms with Crippen molar-refractivity contribution < 1.29 is 19.4 Å². The van der Waals surface area contributed by atoms with Crippen LogP contribution in [0.25, 0.3) is 33.4 Å². The van der Waals surface area contributed by atoms with Crippen molar-refractivity contribution in [3.8, 4) is 33.9 Å². The van der Waals surface area contributed by atoms with Crippen molar-refractivity contribution in [3.63, 3.8) is 0 Å². The second-order valence-electron chi connectivity index (χ2n) is 5.91. The van der Waals surface area contributed by atoms with Gasteiger partial charge < -0.3 is 14.6 Å². The Morgan fingerprint density at radius 1 is 0.857 bits per heavy atom. The zero-order valence-corrected chi connectivity index (χ0v) is 15.9. The number of fused-ring (bicyclic) bond motifs is 1. The second-order valence-corrected chi connectivity index (χ2v) is 6.44. The molecule has 4 aromatic rings. The number of aromatic nitrogens is 3. The van der Waals surface area contributed by atoms with E-state index in [4.69, 9.17) is 9.47 Å². The van der Waals surface area contributed by atoms with Crippen LogP contribution in [0.1, 0.15) is 10.5 Å². The molecule has 4 rings (SSSR count). The van der Waals surface area contributed by atoms with Gasteiger partial charge in [0.05, 0.1) is 25.9 Å². The summed E-state index contributed by atoms with van der Waals surface area (Å²) in [6.07, 6.45) is 0. The molecule has 2 aromatic carbocycles. The molecule has 2 heterocycles. The van der Waals surface area contributed by atoms with E-state index in [0.717, 1.165) is 17.3 Å². The number of carboxylic acids is 1. The minimum Gasteiger partial charge on any atom is -0.497 e. The monoisotopic (exact) mass is 393 g/mol. The second kappa shape index (κ2) is 7.24. The third kappa shape index (κ3) is 3.03. The number of aromatic carboxylic acids is 1. The van der Waals surface area contributed by atoms with Gasteiger partial charge in [0, 0.05) is 11.1 Å². The van der Waals surface area contributed by atoms with Gasteiger partial charge in [-0.1, -0.05) is 12.1 Å². The standard InChI is InChI=1S/C20H15N3O4S/c1-26-13-7-3-11(4-8-13)15-17-19(23-28-22-17)16(21-18(15)20(24)25)12-5-9-14(27-2)10-6-12/h3-10H,1-2H3,(H,24,25). The Hall–Kier alpha value is -3.52. The Kier molecular flexibility index (Phi) is 4.62. The molecule has 0 unspecified atom stereocenters. The van der Waals surface area contributed by atoms with Gasteiger partial charge in [-0.25, -0.2) is 9.78 Å². The molecule has 0 aliphatic rings. The average molecular weight is 393 g/mol. The number of hydrogen-bond donors (Lipinski definition) is 1. The predicted octanol–water partition coefficient (Wildman–Crippen LogP) is 4.14. The highest BCUT2D eigenvalue weighted by atomic mass is 32.1. The lowest BCUT2D eigenvalue weighted by atomic mass is 9.99. The fourth-order valence-electron chi connectivity index (χ4n) is 2.98. The fourth-order valence-corrected chi connectivity index (χ4v) is 3.53. The SMILES string of the molecule is COc1ccc(-c2nc(C(=O)O)c(-c3ccc(OC)cc3)c3nsnc23)cc1. The van der Waals surface area contributed by atoms with Gasteiger partial charge >= 0.3 is 5.97 Å². The molecule has 0 aliphatic heterocycles. The first-order valence-electron chi connectivity index (χ1n) is 8.30. The Labute approximate surface area is 164 Å². The lowest BCUT2D eigenvalue weighted by Gasteiger charge is -2.11. The van der Waals surface area contributed by atoms with Crippen molar-refractivity contribution in [2.75, 3.05) is 14.2 Å². The van der Waals surface area contributed by atoms with E-state index in [0.29, 0.717) is 39.4 Å². The van der Waals surface area contributed by atoms with Gasteiger partial charge in [0.1, 0.15) is 28.2 Å². The summed E-state index contributed by atoms with van der Waals surface area (Å²) in [5.41, 5.74) is 3.33. The van der Waals surface area contributed by atoms with Crippen molar-refractivity contribution in [2.24, 2.45) is 0 Å². The molecule has 0 atom stereocenters. The van der Waals surface area contributed by atoms with Gasteiger partial charge in [0.25, 0.3) is 0 Å². The maximum absolute atomic E-state index is 12.0. The third-order valence-corrected chi connectivity index (χ3v) is 4.88. The zero-order valence-electron chi connectivity index (χ0n) is 15.0. The molecule has 7 nitrogen and oxygen atoms in total. The van der Waals surface area contributed by atoms with E-state index in [-0.39, 0.29) is 5.69 Å². The number of ether oxygens (including phenoxy) is 2. The van der Waals surface area contributed by atoms with E-state index in [1.165, 1.54) is 0 Å². The molecule has 140 valence electrons. The molecule has 0 saturated carbocycles. The summed E-state index contributed by atoms with van der Waals surface area (Å²) in [6.45, 7) is 0. The molecule has 2 aromatic heterocycles. The molecule has 8 heteroatoms. The van der Waals surface area contributed by atoms with E-state index in [1.54, 1.807) is 50.6 Å². The number of pyridine rings is 1. The van der Waals surface area contributed by atoms with Crippen LogP contribution in [0.3, 0.4) is 0 Å². The summed E-state index contributed by atoms with van der Waals surface area (Å²) in [4.78, 5) is 16.5. The van der Waals surface area contributed by atoms with Crippen LogP contribution in [-0.4, -0.2) is 39.0 Å². The Balaban J connectivity index is 1.97. The van der Waals surface area contributed by atoms with E-state index in [2.05, 4.69) is 13.7 Å². The number of carboxylic acid groups (broad SMARTS) is 1. The highest BCUT2D eigenvalue weighted by Gasteiger charge is 2.23. The van der Waals surface area contributed by atoms with Crippen LogP contribution in [0, 0.1) is 0 Å². The molecule has 0 radical (unpaired) electrons. The van der Waals surface area contributed by atoms with Gasteiger partial charge in [-0.3, -0.25) is 0 Å². The van der Waals surface area contributed by atoms with Crippen LogP contribution in [0.2, 0.25) is 0 Å². The lowest BCUT2D eigenvalue weighted by Crippen LogP contribution is -2.06. The highest BCUT2D eigenvalue weighted by molar-refractivity contribution is 7.00. The molecule has 0 amide bonds. The van der Waals surface area contributed by atoms with Gasteiger partial charge in [-0.2, -0.15) is 8.75 Å². The largest absolute Gasteiger partial charge is 0.497 e. The van der Waals surface area contributed by atoms with Crippen molar-refractivity contribution in [3.05, 3.63) is 54.2 Å². The Morgan fingerprint density at radius 3 is 1.93 bits per heavy atom. The fraction of sp³-hybridized carbons (Fsp3) is 0.100. The molecular formula is C20H15N3O4S. The minimum absolute atomic E-state index is 0.0730. The lowest BCUT2D eigenvalue weighted by molar-refractivity contribution is 0.0691. The Bertz CT molecular complexity index is 1150. The van der Waals surface area contributed by atoms with Crippen LogP contribution in [0.15, 0.2) is 48.5 Å². The molecule has 28 heavy (non-hydrogen) atoms. The number of carbonyl (C=O) groups is 1. The molecule has 0 fully saturated rings. The number of rotatable bonds is 5. The maximum atomic E-state index is 12.0. The number of methoxy groups -OCH3 is 2. The van der Waals surface area contributed by atoms with Gasteiger partial charge in [-0.15, -0.1) is 0 Å². The predicted molar refractivity (Wildman–Crippen MR) is 106 cm³/mol. The van der Waals surface area contributed by atoms with Gasteiger partial charge in [0.2, 0.25) is 0 Å². The van der Waals surface area contributed by atoms with Crippen LogP contribution in [0.5, 0.6) is 11.5 Å². The van der Waals surface area contributed by atoms with Gasteiger partial charge in [0.15, 0.2) is 5.69 Å². The Morgan fingerprint density at radius 2 is 1.39 bits per heavy atom. The summed E-state index contributed by atoms with van der Waals surface area (Å²) in [7, 11) is 3.16. The van der Waals surface area contributed by atoms with E-state index >= 15 is 0 Å². The summed E-state index contributed by atoms with van der Waals surface area (Å²) in [5.74, 6) is 0.247. The molecule has 1 N–H and O–H groups in total. The summed E-state index contributed by atoms with van der Waals surface area (Å²) in [6, 6.07) is 14.3. The smallest absolute Gasteiger partial charge is 0.355 e. The van der Waals surface area contributed by atoms with Crippen LogP contribution in [0.4, 0.5) is 0 Å². The highest BCUT2D eigenvalue weighted by Crippen LogP contribution is 2.36. The quantitative estimate of drug-likeness (QED) is 0.544. The van der Waals surface area contributed by atoms with E-state index in [9.17, 15) is 9.90 Å². The minimum atomic E-state index is -1.13. The zero-order chi connectivity index (χ0) is 19.7. The third-order valence-electron chi connectivity index (χ3n) is 4.35. The molecule has 0 aliphatic carbocycles. The van der Waals surface area contributed by atoms with E-state index < -0.39 is 5.97 Å². The van der Waals surface area contributed by atoms with Crippen molar-refractivity contribution in [1.29, 1.82) is 0 Å². The molecule has 0 spiro atoms. The summed E-state index contributed by atoms with van der Waals surface area (Å²) < 4.78 is 19.1. The molecule has 0 bridgehead atoms. The average Bonchev–Trinajstić information content (AvgIpc) is 3.22. The van der Waals surface area contributed by atoms with Crippen LogP contribution in [-0.2, 0) is 0 Å². The first kappa shape index (κ1) is 17.9. The summed E-state index contributed by atoms with van der Waals surface area (Å²) in [5, 5.41) is 9.83. The summed E-state index contributed by atoms with van der Waals surface area (Å²) >= 11 is 1.02. The molecule has 0 saturated heterocycles. The van der Waals surface area contributed by atoms with Crippen LogP contribution >= 0.6 is 11.7 Å². The number of hydrogen-bond acceptors (Lipinski definition) is 7. The van der Waals surface area contributed by atoms with E-state index in [1.807, 2.05) is 12.1 Å². The van der Waals surface area contributed by atoms with Gasteiger partial charge in [-0.05, 0) is 42.0 Å². The van der Waals surface area contributed by atoms with Crippen molar-refractivity contribution in [2.45, 2.75) is 0 Å². The van der Waals surface area contributed by atoms with Crippen molar-refractivity contribution >= 4 is 28.7 Å². The normalized spacial score (nSPS) is 10.8. The first-order chi connectivity index (χ1) is 13.6. The molecular weight excluding hydrogens is 378 g/mol. The van der Waals surface area contributed by atoms with Crippen LogP contribution < -0.4 is 9.47 Å². The maximum Gasteiger partial charge on any atom is 0.355 e. The number of benzene rings is 2. The first-order valence-corrected chi connectivity index (χ1v) is 9.04. The topological polar surface area (TPSA) is 94.4 Å². The van der Waals surface area contributed by atoms with Crippen molar-refractivity contribution in [1.82, 2.24) is 13.7 Å².